The fourth-order valence-corrected chi connectivity index (χ4v) is 3.19. The molecule has 0 bridgehead atoms. The Morgan fingerprint density at radius 1 is 1.15 bits per heavy atom. The fourth-order valence-electron chi connectivity index (χ4n) is 3.19. The van der Waals surface area contributed by atoms with Crippen molar-refractivity contribution in [2.45, 2.75) is 6.04 Å². The standard InChI is InChI=1S/C20H24N4O2/c21-18-9-8-17(15-22-18)19(20(25)26)24-13-11-23(12-14-24)10-4-7-16-5-2-1-3-6-16/h1-9,15,19H,10-14H2,(H2,21,22)(H,25,26). The van der Waals surface area contributed by atoms with E-state index in [1.54, 1.807) is 18.3 Å². The Morgan fingerprint density at radius 3 is 2.50 bits per heavy atom. The summed E-state index contributed by atoms with van der Waals surface area (Å²) in [6.07, 6.45) is 5.83. The number of anilines is 1. The quantitative estimate of drug-likeness (QED) is 0.829. The zero-order chi connectivity index (χ0) is 18.4. The van der Waals surface area contributed by atoms with Gasteiger partial charge in [-0.3, -0.25) is 14.6 Å². The monoisotopic (exact) mass is 352 g/mol. The second kappa shape index (κ2) is 8.60. The normalized spacial score (nSPS) is 17.4. The second-order valence-electron chi connectivity index (χ2n) is 6.41. The molecule has 1 atom stereocenters. The maximum atomic E-state index is 11.8. The number of aliphatic carboxylic acids is 1. The van der Waals surface area contributed by atoms with Gasteiger partial charge in [-0.25, -0.2) is 4.98 Å². The molecule has 1 aliphatic rings. The van der Waals surface area contributed by atoms with Crippen LogP contribution in [0.5, 0.6) is 0 Å². The van der Waals surface area contributed by atoms with Gasteiger partial charge in [-0.2, -0.15) is 0 Å². The molecule has 26 heavy (non-hydrogen) atoms. The van der Waals surface area contributed by atoms with E-state index in [9.17, 15) is 9.90 Å². The molecule has 2 heterocycles. The van der Waals surface area contributed by atoms with Gasteiger partial charge in [0.1, 0.15) is 11.9 Å². The lowest BCUT2D eigenvalue weighted by Gasteiger charge is -2.37. The van der Waals surface area contributed by atoms with Crippen LogP contribution < -0.4 is 5.73 Å². The van der Waals surface area contributed by atoms with Gasteiger partial charge in [0.15, 0.2) is 0 Å². The lowest BCUT2D eigenvalue weighted by atomic mass is 10.1. The molecule has 2 aromatic rings. The first kappa shape index (κ1) is 18.1. The largest absolute Gasteiger partial charge is 0.480 e. The van der Waals surface area contributed by atoms with E-state index in [1.807, 2.05) is 23.1 Å². The van der Waals surface area contributed by atoms with Gasteiger partial charge in [-0.1, -0.05) is 48.6 Å². The Labute approximate surface area is 153 Å². The molecule has 1 saturated heterocycles. The number of hydrogen-bond donors (Lipinski definition) is 2. The van der Waals surface area contributed by atoms with Crippen molar-refractivity contribution < 1.29 is 9.90 Å². The molecule has 1 fully saturated rings. The van der Waals surface area contributed by atoms with Crippen molar-refractivity contribution in [2.24, 2.45) is 0 Å². The summed E-state index contributed by atoms with van der Waals surface area (Å²) >= 11 is 0. The zero-order valence-corrected chi connectivity index (χ0v) is 14.7. The number of pyridine rings is 1. The van der Waals surface area contributed by atoms with Crippen molar-refractivity contribution in [1.29, 1.82) is 0 Å². The van der Waals surface area contributed by atoms with Gasteiger partial charge >= 0.3 is 5.97 Å². The molecule has 0 aliphatic carbocycles. The van der Waals surface area contributed by atoms with Crippen LogP contribution in [0.25, 0.3) is 6.08 Å². The SMILES string of the molecule is Nc1ccc(C(C(=O)O)N2CCN(CC=Cc3ccccc3)CC2)cn1. The molecule has 1 aromatic heterocycles. The van der Waals surface area contributed by atoms with Crippen molar-refractivity contribution in [1.82, 2.24) is 14.8 Å². The average Bonchev–Trinajstić information content (AvgIpc) is 2.65. The smallest absolute Gasteiger partial charge is 0.325 e. The third-order valence-electron chi connectivity index (χ3n) is 4.60. The first-order chi connectivity index (χ1) is 12.6. The Morgan fingerprint density at radius 2 is 1.88 bits per heavy atom. The van der Waals surface area contributed by atoms with Gasteiger partial charge in [0.25, 0.3) is 0 Å². The molecule has 1 aliphatic heterocycles. The van der Waals surface area contributed by atoms with Gasteiger partial charge in [0.05, 0.1) is 0 Å². The molecule has 0 saturated carbocycles. The summed E-state index contributed by atoms with van der Waals surface area (Å²) in [5.74, 6) is -0.457. The minimum Gasteiger partial charge on any atom is -0.480 e. The number of aromatic nitrogens is 1. The summed E-state index contributed by atoms with van der Waals surface area (Å²) in [7, 11) is 0. The molecule has 0 spiro atoms. The number of hydrogen-bond acceptors (Lipinski definition) is 5. The molecule has 1 aromatic carbocycles. The van der Waals surface area contributed by atoms with Crippen LogP contribution in [-0.4, -0.2) is 58.6 Å². The number of carboxylic acids is 1. The minimum atomic E-state index is -0.853. The first-order valence-corrected chi connectivity index (χ1v) is 8.76. The lowest BCUT2D eigenvalue weighted by molar-refractivity contribution is -0.144. The molecule has 136 valence electrons. The molecule has 3 N–H and O–H groups in total. The van der Waals surface area contributed by atoms with Crippen LogP contribution in [0.1, 0.15) is 17.2 Å². The van der Waals surface area contributed by atoms with Crippen molar-refractivity contribution in [2.75, 3.05) is 38.5 Å². The highest BCUT2D eigenvalue weighted by atomic mass is 16.4. The number of carbonyl (C=O) groups is 1. The molecular weight excluding hydrogens is 328 g/mol. The predicted molar refractivity (Wildman–Crippen MR) is 103 cm³/mol. The summed E-state index contributed by atoms with van der Waals surface area (Å²) in [5, 5.41) is 9.66. The van der Waals surface area contributed by atoms with E-state index < -0.39 is 12.0 Å². The highest BCUT2D eigenvalue weighted by molar-refractivity contribution is 5.75. The number of carboxylic acid groups (broad SMARTS) is 1. The number of nitrogens with zero attached hydrogens (tertiary/aromatic N) is 3. The van der Waals surface area contributed by atoms with Crippen LogP contribution >= 0.6 is 0 Å². The van der Waals surface area contributed by atoms with Crippen LogP contribution in [0.2, 0.25) is 0 Å². The summed E-state index contributed by atoms with van der Waals surface area (Å²) in [6, 6.07) is 12.9. The molecule has 6 heteroatoms. The van der Waals surface area contributed by atoms with Crippen molar-refractivity contribution in [3.63, 3.8) is 0 Å². The Kier molecular flexibility index (Phi) is 5.99. The number of nitrogen functional groups attached to an aromatic ring is 1. The van der Waals surface area contributed by atoms with E-state index in [2.05, 4.69) is 34.2 Å². The Bertz CT molecular complexity index is 738. The minimum absolute atomic E-state index is 0.396. The molecule has 6 nitrogen and oxygen atoms in total. The molecule has 0 radical (unpaired) electrons. The summed E-state index contributed by atoms with van der Waals surface area (Å²) in [4.78, 5) is 20.1. The number of rotatable bonds is 6. The van der Waals surface area contributed by atoms with Gasteiger partial charge in [0.2, 0.25) is 0 Å². The van der Waals surface area contributed by atoms with Gasteiger partial charge in [-0.05, 0) is 17.2 Å². The van der Waals surface area contributed by atoms with Gasteiger partial charge in [-0.15, -0.1) is 0 Å². The average molecular weight is 352 g/mol. The van der Waals surface area contributed by atoms with Crippen molar-refractivity contribution in [3.8, 4) is 0 Å². The molecule has 0 amide bonds. The molecular formula is C20H24N4O2. The fraction of sp³-hybridized carbons (Fsp3) is 0.300. The van der Waals surface area contributed by atoms with Crippen LogP contribution in [0.15, 0.2) is 54.7 Å². The predicted octanol–water partition coefficient (Wildman–Crippen LogP) is 2.12. The highest BCUT2D eigenvalue weighted by Gasteiger charge is 2.30. The van der Waals surface area contributed by atoms with Crippen LogP contribution in [0.3, 0.4) is 0 Å². The van der Waals surface area contributed by atoms with Crippen LogP contribution in [0.4, 0.5) is 5.82 Å². The molecule has 1 unspecified atom stereocenters. The number of piperazine rings is 1. The van der Waals surface area contributed by atoms with Crippen molar-refractivity contribution >= 4 is 17.9 Å². The second-order valence-corrected chi connectivity index (χ2v) is 6.41. The first-order valence-electron chi connectivity index (χ1n) is 8.76. The van der Waals surface area contributed by atoms with E-state index in [0.717, 1.165) is 19.6 Å². The van der Waals surface area contributed by atoms with Crippen LogP contribution in [-0.2, 0) is 4.79 Å². The molecule has 3 rings (SSSR count). The summed E-state index contributed by atoms with van der Waals surface area (Å²) < 4.78 is 0. The van der Waals surface area contributed by atoms with E-state index in [0.29, 0.717) is 24.5 Å². The maximum absolute atomic E-state index is 11.8. The van der Waals surface area contributed by atoms with E-state index >= 15 is 0 Å². The lowest BCUT2D eigenvalue weighted by Crippen LogP contribution is -2.49. The topological polar surface area (TPSA) is 82.7 Å². The Balaban J connectivity index is 1.55. The summed E-state index contributed by atoms with van der Waals surface area (Å²) in [6.45, 7) is 3.96. The van der Waals surface area contributed by atoms with E-state index in [-0.39, 0.29) is 0 Å². The number of benzene rings is 1. The third-order valence-corrected chi connectivity index (χ3v) is 4.60. The van der Waals surface area contributed by atoms with E-state index in [4.69, 9.17) is 5.73 Å². The van der Waals surface area contributed by atoms with Crippen LogP contribution in [0, 0.1) is 0 Å². The maximum Gasteiger partial charge on any atom is 0.325 e. The van der Waals surface area contributed by atoms with E-state index in [1.165, 1.54) is 5.56 Å². The highest BCUT2D eigenvalue weighted by Crippen LogP contribution is 2.22. The van der Waals surface area contributed by atoms with Gasteiger partial charge in [0, 0.05) is 38.9 Å². The number of nitrogens with two attached hydrogens (primary N) is 1. The summed E-state index contributed by atoms with van der Waals surface area (Å²) in [5.41, 5.74) is 7.46. The zero-order valence-electron chi connectivity index (χ0n) is 14.7. The van der Waals surface area contributed by atoms with Gasteiger partial charge < -0.3 is 10.8 Å². The van der Waals surface area contributed by atoms with Crippen molar-refractivity contribution in [3.05, 3.63) is 65.9 Å². The Hall–Kier alpha value is -2.70. The third kappa shape index (κ3) is 4.68.